The van der Waals surface area contributed by atoms with E-state index >= 15 is 0 Å². The molecule has 1 heterocycles. The summed E-state index contributed by atoms with van der Waals surface area (Å²) in [6.07, 6.45) is 7.76. The highest BCUT2D eigenvalue weighted by atomic mass is 79.9. The van der Waals surface area contributed by atoms with Crippen molar-refractivity contribution in [2.75, 3.05) is 0 Å². The Bertz CT molecular complexity index is 373. The number of aromatic nitrogens is 2. The summed E-state index contributed by atoms with van der Waals surface area (Å²) in [6.45, 7) is 3.79. The molecule has 0 radical (unpaired) electrons. The van der Waals surface area contributed by atoms with E-state index < -0.39 is 11.4 Å². The van der Waals surface area contributed by atoms with Crippen LogP contribution in [0.4, 0.5) is 0 Å². The summed E-state index contributed by atoms with van der Waals surface area (Å²) in [4.78, 5) is 8.33. The molecule has 0 saturated carbocycles. The van der Waals surface area contributed by atoms with Gasteiger partial charge in [0.2, 0.25) is 0 Å². The van der Waals surface area contributed by atoms with Crippen molar-refractivity contribution in [2.24, 2.45) is 4.40 Å². The van der Waals surface area contributed by atoms with E-state index in [0.29, 0.717) is 0 Å². The molecular formula is C11H16BrN3OS. The van der Waals surface area contributed by atoms with Crippen LogP contribution >= 0.6 is 15.9 Å². The lowest BCUT2D eigenvalue weighted by atomic mass is 10.2. The van der Waals surface area contributed by atoms with E-state index in [2.05, 4.69) is 30.3 Å². The maximum absolute atomic E-state index is 11.3. The van der Waals surface area contributed by atoms with Crippen molar-refractivity contribution in [1.82, 2.24) is 9.97 Å². The molecule has 0 aliphatic heterocycles. The van der Waals surface area contributed by atoms with Gasteiger partial charge in [0.15, 0.2) is 0 Å². The first-order valence-electron chi connectivity index (χ1n) is 5.49. The van der Waals surface area contributed by atoms with Crippen molar-refractivity contribution in [3.8, 4) is 0 Å². The van der Waals surface area contributed by atoms with E-state index in [9.17, 15) is 4.55 Å². The van der Waals surface area contributed by atoms with Gasteiger partial charge in [0, 0.05) is 6.20 Å². The maximum atomic E-state index is 11.3. The quantitative estimate of drug-likeness (QED) is 0.460. The molecule has 0 amide bonds. The average molecular weight is 318 g/mol. The standard InChI is InChI=1S/C11H16BrN3OS/c1-9(2)17(16)14-6-4-3-5-10-7-13-8-11(12)15-10/h6-9H,3-5H2,1-2H3/b14-6+. The molecule has 0 aromatic carbocycles. The smallest absolute Gasteiger partial charge is 0.137 e. The predicted octanol–water partition coefficient (Wildman–Crippen LogP) is 2.70. The Hall–Kier alpha value is -0.460. The Kier molecular flexibility index (Phi) is 6.69. The minimum Gasteiger partial charge on any atom is -0.591 e. The van der Waals surface area contributed by atoms with Crippen LogP contribution in [0.25, 0.3) is 0 Å². The second-order valence-electron chi connectivity index (χ2n) is 3.84. The number of halogens is 1. The average Bonchev–Trinajstić information content (AvgIpc) is 2.28. The minimum absolute atomic E-state index is 0.0854. The van der Waals surface area contributed by atoms with E-state index in [4.69, 9.17) is 0 Å². The van der Waals surface area contributed by atoms with Crippen LogP contribution in [0.15, 0.2) is 21.4 Å². The fourth-order valence-electron chi connectivity index (χ4n) is 1.12. The zero-order chi connectivity index (χ0) is 12.7. The molecule has 0 aliphatic rings. The lowest BCUT2D eigenvalue weighted by Crippen LogP contribution is -2.10. The number of aryl methyl sites for hydroxylation is 1. The van der Waals surface area contributed by atoms with Gasteiger partial charge in [-0.05, 0) is 49.0 Å². The summed E-state index contributed by atoms with van der Waals surface area (Å²) in [5.74, 6) is 0. The first kappa shape index (κ1) is 14.6. The van der Waals surface area contributed by atoms with Crippen LogP contribution in [0.5, 0.6) is 0 Å². The Morgan fingerprint density at radius 3 is 2.94 bits per heavy atom. The Morgan fingerprint density at radius 1 is 1.53 bits per heavy atom. The van der Waals surface area contributed by atoms with Crippen molar-refractivity contribution in [1.29, 1.82) is 0 Å². The molecule has 0 N–H and O–H groups in total. The predicted molar refractivity (Wildman–Crippen MR) is 74.4 cm³/mol. The molecule has 0 fully saturated rings. The van der Waals surface area contributed by atoms with Gasteiger partial charge in [-0.1, -0.05) is 4.40 Å². The summed E-state index contributed by atoms with van der Waals surface area (Å²) in [6, 6.07) is 0. The molecule has 17 heavy (non-hydrogen) atoms. The van der Waals surface area contributed by atoms with Gasteiger partial charge in [0.05, 0.1) is 29.5 Å². The number of unbranched alkanes of at least 4 members (excludes halogenated alkanes) is 1. The number of nitrogens with zero attached hydrogens (tertiary/aromatic N) is 3. The molecule has 1 rings (SSSR count). The maximum Gasteiger partial charge on any atom is 0.137 e. The molecule has 1 aromatic heterocycles. The van der Waals surface area contributed by atoms with Crippen LogP contribution in [0.2, 0.25) is 0 Å². The van der Waals surface area contributed by atoms with Crippen LogP contribution in [0, 0.1) is 0 Å². The summed E-state index contributed by atoms with van der Waals surface area (Å²) >= 11 is 2.19. The van der Waals surface area contributed by atoms with Crippen molar-refractivity contribution >= 4 is 33.5 Å². The molecular weight excluding hydrogens is 302 g/mol. The van der Waals surface area contributed by atoms with Gasteiger partial charge in [-0.25, -0.2) is 4.98 Å². The summed E-state index contributed by atoms with van der Waals surface area (Å²) in [7, 11) is 0. The molecule has 94 valence electrons. The van der Waals surface area contributed by atoms with Crippen LogP contribution in [-0.4, -0.2) is 26.0 Å². The Balaban J connectivity index is 2.25. The third-order valence-corrected chi connectivity index (χ3v) is 3.55. The second kappa shape index (κ2) is 7.79. The van der Waals surface area contributed by atoms with E-state index in [0.717, 1.165) is 29.6 Å². The van der Waals surface area contributed by atoms with Crippen LogP contribution in [0.3, 0.4) is 0 Å². The summed E-state index contributed by atoms with van der Waals surface area (Å²) in [5, 5.41) is 0.0854. The molecule has 1 atom stereocenters. The second-order valence-corrected chi connectivity index (χ2v) is 6.36. The highest BCUT2D eigenvalue weighted by Crippen LogP contribution is 2.07. The van der Waals surface area contributed by atoms with Crippen LogP contribution in [0.1, 0.15) is 32.4 Å². The summed E-state index contributed by atoms with van der Waals surface area (Å²) < 4.78 is 16.0. The zero-order valence-electron chi connectivity index (χ0n) is 9.97. The molecule has 4 nitrogen and oxygen atoms in total. The molecule has 6 heteroatoms. The monoisotopic (exact) mass is 317 g/mol. The third-order valence-electron chi connectivity index (χ3n) is 2.00. The largest absolute Gasteiger partial charge is 0.591 e. The van der Waals surface area contributed by atoms with E-state index in [1.807, 2.05) is 13.8 Å². The highest BCUT2D eigenvalue weighted by Gasteiger charge is 2.08. The SMILES string of the molecule is CC(C)[S+]([O-])/N=C/CCCc1cncc(Br)n1. The fourth-order valence-corrected chi connectivity index (χ4v) is 1.96. The minimum atomic E-state index is -1.09. The lowest BCUT2D eigenvalue weighted by Gasteiger charge is -2.05. The van der Waals surface area contributed by atoms with Gasteiger partial charge < -0.3 is 4.55 Å². The van der Waals surface area contributed by atoms with Gasteiger partial charge in [-0.15, -0.1) is 0 Å². The normalized spacial score (nSPS) is 13.5. The molecule has 0 spiro atoms. The molecule has 0 saturated heterocycles. The van der Waals surface area contributed by atoms with E-state index in [1.165, 1.54) is 0 Å². The van der Waals surface area contributed by atoms with E-state index in [-0.39, 0.29) is 5.25 Å². The lowest BCUT2D eigenvalue weighted by molar-refractivity contribution is 0.588. The number of rotatable bonds is 6. The van der Waals surface area contributed by atoms with Crippen molar-refractivity contribution < 1.29 is 4.55 Å². The first-order valence-corrected chi connectivity index (χ1v) is 7.45. The topological polar surface area (TPSA) is 61.2 Å². The summed E-state index contributed by atoms with van der Waals surface area (Å²) in [5.41, 5.74) is 0.956. The number of hydrogen-bond donors (Lipinski definition) is 0. The van der Waals surface area contributed by atoms with Gasteiger partial charge in [0.1, 0.15) is 9.85 Å². The molecule has 1 unspecified atom stereocenters. The molecule has 1 aromatic rings. The van der Waals surface area contributed by atoms with Crippen LogP contribution < -0.4 is 0 Å². The first-order chi connectivity index (χ1) is 8.09. The Labute approximate surface area is 113 Å². The highest BCUT2D eigenvalue weighted by molar-refractivity contribution is 9.10. The van der Waals surface area contributed by atoms with Gasteiger partial charge in [-0.2, -0.15) is 0 Å². The van der Waals surface area contributed by atoms with Crippen molar-refractivity contribution in [2.45, 2.75) is 38.4 Å². The third kappa shape index (κ3) is 6.14. The molecule has 0 aliphatic carbocycles. The van der Waals surface area contributed by atoms with Crippen molar-refractivity contribution in [3.05, 3.63) is 22.7 Å². The fraction of sp³-hybridized carbons (Fsp3) is 0.545. The van der Waals surface area contributed by atoms with Gasteiger partial charge in [0.25, 0.3) is 0 Å². The van der Waals surface area contributed by atoms with E-state index in [1.54, 1.807) is 18.6 Å². The van der Waals surface area contributed by atoms with Crippen LogP contribution in [-0.2, 0) is 17.8 Å². The Morgan fingerprint density at radius 2 is 2.29 bits per heavy atom. The van der Waals surface area contributed by atoms with Gasteiger partial charge in [-0.3, -0.25) is 4.98 Å². The van der Waals surface area contributed by atoms with Crippen molar-refractivity contribution in [3.63, 3.8) is 0 Å². The molecule has 0 bridgehead atoms. The zero-order valence-corrected chi connectivity index (χ0v) is 12.4. The number of hydrogen-bond acceptors (Lipinski definition) is 4. The van der Waals surface area contributed by atoms with Gasteiger partial charge >= 0.3 is 0 Å².